The summed E-state index contributed by atoms with van der Waals surface area (Å²) in [5.74, 6) is 0.779. The minimum absolute atomic E-state index is 0.201. The van der Waals surface area contributed by atoms with Crippen molar-refractivity contribution in [2.75, 3.05) is 0 Å². The zero-order valence-corrected chi connectivity index (χ0v) is 13.7. The van der Waals surface area contributed by atoms with Crippen molar-refractivity contribution in [3.63, 3.8) is 0 Å². The summed E-state index contributed by atoms with van der Waals surface area (Å²) in [5, 5.41) is 1.11. The van der Waals surface area contributed by atoms with Crippen LogP contribution in [0.5, 0.6) is 0 Å². The van der Waals surface area contributed by atoms with Gasteiger partial charge in [-0.1, -0.05) is 52.0 Å². The Labute approximate surface area is 125 Å². The predicted octanol–water partition coefficient (Wildman–Crippen LogP) is 5.10. The second kappa shape index (κ2) is 5.68. The van der Waals surface area contributed by atoms with Gasteiger partial charge in [0.1, 0.15) is 5.01 Å². The highest BCUT2D eigenvalue weighted by molar-refractivity contribution is 7.79. The first-order valence-electron chi connectivity index (χ1n) is 6.66. The van der Waals surface area contributed by atoms with Gasteiger partial charge in [0.15, 0.2) is 0 Å². The largest absolute Gasteiger partial charge is 0.241 e. The van der Waals surface area contributed by atoms with Crippen LogP contribution in [0.3, 0.4) is 0 Å². The summed E-state index contributed by atoms with van der Waals surface area (Å²) in [5.41, 5.74) is 3.96. The summed E-state index contributed by atoms with van der Waals surface area (Å²) < 4.78 is 0. The minimum atomic E-state index is 0.201. The third kappa shape index (κ3) is 3.21. The van der Waals surface area contributed by atoms with Crippen molar-refractivity contribution < 1.29 is 0 Å². The van der Waals surface area contributed by atoms with Crippen LogP contribution in [-0.4, -0.2) is 4.98 Å². The van der Waals surface area contributed by atoms with Crippen LogP contribution in [0, 0.1) is 0 Å². The first-order valence-corrected chi connectivity index (χ1v) is 8.11. The molecule has 0 aliphatic rings. The fourth-order valence-corrected chi connectivity index (χ4v) is 3.41. The molecule has 2 aromatic rings. The Morgan fingerprint density at radius 2 is 1.79 bits per heavy atom. The van der Waals surface area contributed by atoms with Crippen LogP contribution < -0.4 is 0 Å². The number of nitrogens with zero attached hydrogens (tertiary/aromatic N) is 1. The highest BCUT2D eigenvalue weighted by atomic mass is 32.1. The van der Waals surface area contributed by atoms with Crippen LogP contribution in [0.4, 0.5) is 0 Å². The highest BCUT2D eigenvalue weighted by Crippen LogP contribution is 2.31. The maximum absolute atomic E-state index is 4.73. The molecule has 1 heterocycles. The third-order valence-corrected chi connectivity index (χ3v) is 4.93. The molecule has 0 radical (unpaired) electrons. The molecule has 1 nitrogen and oxygen atoms in total. The molecular weight excluding hydrogens is 270 g/mol. The summed E-state index contributed by atoms with van der Waals surface area (Å²) >= 11 is 6.15. The van der Waals surface area contributed by atoms with Gasteiger partial charge < -0.3 is 0 Å². The van der Waals surface area contributed by atoms with E-state index in [0.29, 0.717) is 0 Å². The van der Waals surface area contributed by atoms with Crippen molar-refractivity contribution in [1.82, 2.24) is 4.98 Å². The molecule has 0 atom stereocenters. The Balaban J connectivity index is 2.34. The SMILES string of the molecule is CCc1nc(-c2ccc(C(C)(C)C)cc2)sc1CS. The van der Waals surface area contributed by atoms with Crippen LogP contribution in [0.25, 0.3) is 10.6 Å². The van der Waals surface area contributed by atoms with Gasteiger partial charge in [0.05, 0.1) is 5.69 Å². The molecule has 19 heavy (non-hydrogen) atoms. The van der Waals surface area contributed by atoms with Crippen LogP contribution in [-0.2, 0) is 17.6 Å². The number of aryl methyl sites for hydroxylation is 1. The molecule has 0 fully saturated rings. The van der Waals surface area contributed by atoms with Crippen molar-refractivity contribution in [3.8, 4) is 10.6 Å². The zero-order valence-electron chi connectivity index (χ0n) is 12.0. The van der Waals surface area contributed by atoms with E-state index in [0.717, 1.165) is 17.2 Å². The summed E-state index contributed by atoms with van der Waals surface area (Å²) in [4.78, 5) is 6.02. The second-order valence-corrected chi connectivity index (χ2v) is 7.13. The smallest absolute Gasteiger partial charge is 0.123 e. The van der Waals surface area contributed by atoms with Crippen LogP contribution in [0.2, 0.25) is 0 Å². The predicted molar refractivity (Wildman–Crippen MR) is 88.3 cm³/mol. The number of benzene rings is 1. The average Bonchev–Trinajstić information content (AvgIpc) is 2.81. The molecule has 0 N–H and O–H groups in total. The first-order chi connectivity index (χ1) is 8.95. The molecule has 102 valence electrons. The normalized spacial score (nSPS) is 11.8. The fraction of sp³-hybridized carbons (Fsp3) is 0.438. The van der Waals surface area contributed by atoms with E-state index >= 15 is 0 Å². The van der Waals surface area contributed by atoms with E-state index in [2.05, 4.69) is 64.6 Å². The lowest BCUT2D eigenvalue weighted by Crippen LogP contribution is -2.10. The van der Waals surface area contributed by atoms with E-state index in [9.17, 15) is 0 Å². The molecule has 0 unspecified atom stereocenters. The van der Waals surface area contributed by atoms with E-state index in [1.807, 2.05) is 0 Å². The van der Waals surface area contributed by atoms with Crippen molar-refractivity contribution in [2.45, 2.75) is 45.3 Å². The van der Waals surface area contributed by atoms with Gasteiger partial charge in [-0.05, 0) is 17.4 Å². The molecule has 2 rings (SSSR count). The van der Waals surface area contributed by atoms with Gasteiger partial charge in [0, 0.05) is 16.2 Å². The Morgan fingerprint density at radius 3 is 2.21 bits per heavy atom. The van der Waals surface area contributed by atoms with Gasteiger partial charge in [-0.3, -0.25) is 0 Å². The number of thiazole rings is 1. The van der Waals surface area contributed by atoms with Crippen LogP contribution in [0.15, 0.2) is 24.3 Å². The first kappa shape index (κ1) is 14.6. The van der Waals surface area contributed by atoms with E-state index in [-0.39, 0.29) is 5.41 Å². The molecule has 3 heteroatoms. The monoisotopic (exact) mass is 291 g/mol. The van der Waals surface area contributed by atoms with E-state index in [1.54, 1.807) is 11.3 Å². The Hall–Kier alpha value is -0.800. The van der Waals surface area contributed by atoms with Crippen molar-refractivity contribution in [2.24, 2.45) is 0 Å². The zero-order chi connectivity index (χ0) is 14.0. The molecule has 0 aliphatic carbocycles. The molecule has 0 bridgehead atoms. The van der Waals surface area contributed by atoms with Gasteiger partial charge in [-0.15, -0.1) is 11.3 Å². The van der Waals surface area contributed by atoms with Gasteiger partial charge >= 0.3 is 0 Å². The topological polar surface area (TPSA) is 12.9 Å². The lowest BCUT2D eigenvalue weighted by atomic mass is 9.87. The number of thiol groups is 1. The molecule has 0 saturated carbocycles. The van der Waals surface area contributed by atoms with Gasteiger partial charge in [0.25, 0.3) is 0 Å². The van der Waals surface area contributed by atoms with E-state index in [1.165, 1.54) is 21.7 Å². The number of hydrogen-bond acceptors (Lipinski definition) is 3. The van der Waals surface area contributed by atoms with Crippen molar-refractivity contribution in [3.05, 3.63) is 40.4 Å². The fourth-order valence-electron chi connectivity index (χ4n) is 2.02. The molecule has 0 aliphatic heterocycles. The Kier molecular flexibility index (Phi) is 4.36. The lowest BCUT2D eigenvalue weighted by Gasteiger charge is -2.18. The number of aromatic nitrogens is 1. The molecule has 0 saturated heterocycles. The summed E-state index contributed by atoms with van der Waals surface area (Å²) in [6.45, 7) is 8.85. The molecular formula is C16H21NS2. The summed E-state index contributed by atoms with van der Waals surface area (Å²) in [6.07, 6.45) is 0.979. The molecule has 1 aromatic carbocycles. The number of rotatable bonds is 3. The molecule has 0 spiro atoms. The van der Waals surface area contributed by atoms with Crippen LogP contribution in [0.1, 0.15) is 43.8 Å². The lowest BCUT2D eigenvalue weighted by molar-refractivity contribution is 0.590. The van der Waals surface area contributed by atoms with Crippen molar-refractivity contribution >= 4 is 24.0 Å². The maximum Gasteiger partial charge on any atom is 0.123 e. The summed E-state index contributed by atoms with van der Waals surface area (Å²) in [7, 11) is 0. The highest BCUT2D eigenvalue weighted by Gasteiger charge is 2.14. The standard InChI is InChI=1S/C16H21NS2/c1-5-13-14(10-18)19-15(17-13)11-6-8-12(9-7-11)16(2,3)4/h6-9,18H,5,10H2,1-4H3. The molecule has 0 amide bonds. The summed E-state index contributed by atoms with van der Waals surface area (Å²) in [6, 6.07) is 8.79. The van der Waals surface area contributed by atoms with Crippen LogP contribution >= 0.6 is 24.0 Å². The third-order valence-electron chi connectivity index (χ3n) is 3.25. The average molecular weight is 291 g/mol. The molecule has 1 aromatic heterocycles. The van der Waals surface area contributed by atoms with Gasteiger partial charge in [0.2, 0.25) is 0 Å². The quantitative estimate of drug-likeness (QED) is 0.776. The van der Waals surface area contributed by atoms with Gasteiger partial charge in [-0.25, -0.2) is 4.98 Å². The van der Waals surface area contributed by atoms with Gasteiger partial charge in [-0.2, -0.15) is 12.6 Å². The van der Waals surface area contributed by atoms with Crippen molar-refractivity contribution in [1.29, 1.82) is 0 Å². The minimum Gasteiger partial charge on any atom is -0.241 e. The Bertz CT molecular complexity index is 526. The maximum atomic E-state index is 4.73. The second-order valence-electron chi connectivity index (χ2n) is 5.73. The Morgan fingerprint density at radius 1 is 1.16 bits per heavy atom. The number of hydrogen-bond donors (Lipinski definition) is 1. The van der Waals surface area contributed by atoms with E-state index < -0.39 is 0 Å². The van der Waals surface area contributed by atoms with E-state index in [4.69, 9.17) is 4.98 Å².